The van der Waals surface area contributed by atoms with Gasteiger partial charge in [-0.1, -0.05) is 37.3 Å². The molecule has 18 heavy (non-hydrogen) atoms. The second-order valence-corrected chi connectivity index (χ2v) is 4.41. The van der Waals surface area contributed by atoms with Gasteiger partial charge in [-0.3, -0.25) is 0 Å². The Bertz CT molecular complexity index is 303. The van der Waals surface area contributed by atoms with Crippen molar-refractivity contribution >= 4 is 0 Å². The van der Waals surface area contributed by atoms with Crippen molar-refractivity contribution in [2.75, 3.05) is 26.9 Å². The van der Waals surface area contributed by atoms with Crippen molar-refractivity contribution in [1.29, 1.82) is 0 Å². The average molecular weight is 251 g/mol. The summed E-state index contributed by atoms with van der Waals surface area (Å²) >= 11 is 0. The first kappa shape index (κ1) is 15.2. The molecule has 0 fully saturated rings. The summed E-state index contributed by atoms with van der Waals surface area (Å²) in [6, 6.07) is 10.7. The van der Waals surface area contributed by atoms with Gasteiger partial charge in [0.25, 0.3) is 0 Å². The molecule has 0 saturated carbocycles. The van der Waals surface area contributed by atoms with E-state index in [1.807, 2.05) is 6.07 Å². The molecular weight excluding hydrogens is 226 g/mol. The molecular formula is C15H25NO2. The van der Waals surface area contributed by atoms with Gasteiger partial charge < -0.3 is 14.8 Å². The van der Waals surface area contributed by atoms with Gasteiger partial charge in [-0.25, -0.2) is 0 Å². The molecule has 0 bridgehead atoms. The number of nitrogens with one attached hydrogen (secondary N) is 1. The lowest BCUT2D eigenvalue weighted by atomic mass is 10.0. The quantitative estimate of drug-likeness (QED) is 0.685. The molecule has 3 heteroatoms. The topological polar surface area (TPSA) is 30.5 Å². The molecule has 2 unspecified atom stereocenters. The molecule has 2 atom stereocenters. The number of ether oxygens (including phenoxy) is 2. The second-order valence-electron chi connectivity index (χ2n) is 4.41. The highest BCUT2D eigenvalue weighted by molar-refractivity contribution is 5.19. The summed E-state index contributed by atoms with van der Waals surface area (Å²) in [5.74, 6) is 0. The van der Waals surface area contributed by atoms with Gasteiger partial charge in [0.15, 0.2) is 0 Å². The molecule has 0 saturated heterocycles. The zero-order valence-electron chi connectivity index (χ0n) is 11.7. The molecule has 1 aromatic carbocycles. The fourth-order valence-electron chi connectivity index (χ4n) is 1.93. The summed E-state index contributed by atoms with van der Waals surface area (Å²) in [6.45, 7) is 6.55. The summed E-state index contributed by atoms with van der Waals surface area (Å²) in [5, 5.41) is 3.55. The van der Waals surface area contributed by atoms with E-state index in [1.54, 1.807) is 7.11 Å². The van der Waals surface area contributed by atoms with E-state index in [-0.39, 0.29) is 12.1 Å². The summed E-state index contributed by atoms with van der Waals surface area (Å²) in [7, 11) is 1.69. The first-order chi connectivity index (χ1) is 8.79. The van der Waals surface area contributed by atoms with Gasteiger partial charge in [0.2, 0.25) is 0 Å². The van der Waals surface area contributed by atoms with Gasteiger partial charge >= 0.3 is 0 Å². The SMILES string of the molecule is CCCNC(c1ccccc1)C(C)OCCOC. The molecule has 0 spiro atoms. The number of hydrogen-bond acceptors (Lipinski definition) is 3. The first-order valence-electron chi connectivity index (χ1n) is 6.68. The van der Waals surface area contributed by atoms with Crippen LogP contribution in [-0.4, -0.2) is 33.0 Å². The van der Waals surface area contributed by atoms with E-state index < -0.39 is 0 Å². The second kappa shape index (κ2) is 9.09. The van der Waals surface area contributed by atoms with E-state index >= 15 is 0 Å². The fraction of sp³-hybridized carbons (Fsp3) is 0.600. The molecule has 1 aromatic rings. The van der Waals surface area contributed by atoms with E-state index in [0.29, 0.717) is 13.2 Å². The molecule has 3 nitrogen and oxygen atoms in total. The summed E-state index contributed by atoms with van der Waals surface area (Å²) in [6.07, 6.45) is 1.25. The highest BCUT2D eigenvalue weighted by Gasteiger charge is 2.18. The number of benzene rings is 1. The molecule has 0 heterocycles. The van der Waals surface area contributed by atoms with Gasteiger partial charge in [-0.15, -0.1) is 0 Å². The summed E-state index contributed by atoms with van der Waals surface area (Å²) < 4.78 is 10.8. The normalized spacial score (nSPS) is 14.4. The first-order valence-corrected chi connectivity index (χ1v) is 6.68. The molecule has 0 aliphatic carbocycles. The average Bonchev–Trinajstić information content (AvgIpc) is 2.41. The Morgan fingerprint density at radius 3 is 2.50 bits per heavy atom. The largest absolute Gasteiger partial charge is 0.382 e. The van der Waals surface area contributed by atoms with E-state index in [1.165, 1.54) is 5.56 Å². The van der Waals surface area contributed by atoms with Crippen LogP contribution < -0.4 is 5.32 Å². The minimum Gasteiger partial charge on any atom is -0.382 e. The predicted octanol–water partition coefficient (Wildman–Crippen LogP) is 2.78. The third-order valence-electron chi connectivity index (χ3n) is 2.91. The van der Waals surface area contributed by atoms with Crippen LogP contribution in [0.4, 0.5) is 0 Å². The zero-order chi connectivity index (χ0) is 13.2. The number of methoxy groups -OCH3 is 1. The van der Waals surface area contributed by atoms with Gasteiger partial charge in [0.1, 0.15) is 0 Å². The van der Waals surface area contributed by atoms with Crippen LogP contribution in [-0.2, 0) is 9.47 Å². The highest BCUT2D eigenvalue weighted by atomic mass is 16.5. The summed E-state index contributed by atoms with van der Waals surface area (Å²) in [4.78, 5) is 0. The summed E-state index contributed by atoms with van der Waals surface area (Å²) in [5.41, 5.74) is 1.27. The standard InChI is InChI=1S/C15H25NO2/c1-4-10-16-15(13(2)18-12-11-17-3)14-8-6-5-7-9-14/h5-9,13,15-16H,4,10-12H2,1-3H3. The van der Waals surface area contributed by atoms with Crippen molar-refractivity contribution in [3.05, 3.63) is 35.9 Å². The van der Waals surface area contributed by atoms with Crippen LogP contribution in [0.3, 0.4) is 0 Å². The third-order valence-corrected chi connectivity index (χ3v) is 2.91. The van der Waals surface area contributed by atoms with Crippen LogP contribution >= 0.6 is 0 Å². The lowest BCUT2D eigenvalue weighted by Gasteiger charge is -2.26. The van der Waals surface area contributed by atoms with Crippen molar-refractivity contribution in [2.24, 2.45) is 0 Å². The maximum Gasteiger partial charge on any atom is 0.0742 e. The van der Waals surface area contributed by atoms with Crippen molar-refractivity contribution in [3.63, 3.8) is 0 Å². The maximum atomic E-state index is 5.81. The molecule has 0 aliphatic rings. The van der Waals surface area contributed by atoms with Crippen LogP contribution in [0.15, 0.2) is 30.3 Å². The van der Waals surface area contributed by atoms with Gasteiger partial charge in [0.05, 0.1) is 25.4 Å². The van der Waals surface area contributed by atoms with Crippen LogP contribution in [0, 0.1) is 0 Å². The highest BCUT2D eigenvalue weighted by Crippen LogP contribution is 2.19. The Balaban J connectivity index is 2.59. The molecule has 0 radical (unpaired) electrons. The minimum atomic E-state index is 0.133. The maximum absolute atomic E-state index is 5.81. The van der Waals surface area contributed by atoms with E-state index in [4.69, 9.17) is 9.47 Å². The van der Waals surface area contributed by atoms with Gasteiger partial charge in [0, 0.05) is 7.11 Å². The number of hydrogen-bond donors (Lipinski definition) is 1. The number of rotatable bonds is 9. The molecule has 0 aromatic heterocycles. The van der Waals surface area contributed by atoms with Crippen LogP contribution in [0.1, 0.15) is 31.9 Å². The smallest absolute Gasteiger partial charge is 0.0742 e. The van der Waals surface area contributed by atoms with Gasteiger partial charge in [-0.05, 0) is 25.5 Å². The van der Waals surface area contributed by atoms with E-state index in [0.717, 1.165) is 13.0 Å². The van der Waals surface area contributed by atoms with Crippen molar-refractivity contribution in [2.45, 2.75) is 32.4 Å². The Kier molecular flexibility index (Phi) is 7.65. The van der Waals surface area contributed by atoms with E-state index in [9.17, 15) is 0 Å². The predicted molar refractivity (Wildman–Crippen MR) is 74.8 cm³/mol. The van der Waals surface area contributed by atoms with Crippen molar-refractivity contribution in [3.8, 4) is 0 Å². The Morgan fingerprint density at radius 1 is 1.17 bits per heavy atom. The van der Waals surface area contributed by atoms with Crippen molar-refractivity contribution < 1.29 is 9.47 Å². The molecule has 0 aliphatic heterocycles. The fourth-order valence-corrected chi connectivity index (χ4v) is 1.93. The van der Waals surface area contributed by atoms with Crippen molar-refractivity contribution in [1.82, 2.24) is 5.32 Å². The third kappa shape index (κ3) is 5.17. The van der Waals surface area contributed by atoms with Gasteiger partial charge in [-0.2, -0.15) is 0 Å². The molecule has 1 N–H and O–H groups in total. The van der Waals surface area contributed by atoms with E-state index in [2.05, 4.69) is 43.4 Å². The molecule has 102 valence electrons. The Labute approximate surface area is 110 Å². The molecule has 0 amide bonds. The Morgan fingerprint density at radius 2 is 1.89 bits per heavy atom. The van der Waals surface area contributed by atoms with Crippen LogP contribution in [0.25, 0.3) is 0 Å². The lowest BCUT2D eigenvalue weighted by Crippen LogP contribution is -2.33. The van der Waals surface area contributed by atoms with Crippen LogP contribution in [0.5, 0.6) is 0 Å². The monoisotopic (exact) mass is 251 g/mol. The zero-order valence-corrected chi connectivity index (χ0v) is 11.7. The lowest BCUT2D eigenvalue weighted by molar-refractivity contribution is 0.00731. The van der Waals surface area contributed by atoms with Crippen LogP contribution in [0.2, 0.25) is 0 Å². The Hall–Kier alpha value is -0.900. The minimum absolute atomic E-state index is 0.133. The molecule has 1 rings (SSSR count).